The Bertz CT molecular complexity index is 685. The monoisotopic (exact) mass is 366 g/mol. The Morgan fingerprint density at radius 1 is 1.08 bits per heavy atom. The summed E-state index contributed by atoms with van der Waals surface area (Å²) >= 11 is 0. The normalized spacial score (nSPS) is 20.8. The van der Waals surface area contributed by atoms with Crippen LogP contribution in [0.1, 0.15) is 36.8 Å². The minimum absolute atomic E-state index is 0.280. The summed E-state index contributed by atoms with van der Waals surface area (Å²) < 4.78 is 29.1. The maximum Gasteiger partial charge on any atom is 0.306 e. The van der Waals surface area contributed by atoms with Crippen molar-refractivity contribution in [1.29, 1.82) is 0 Å². The molecule has 0 unspecified atom stereocenters. The fraction of sp³-hybridized carbons (Fsp3) is 0.611. The molecule has 0 bridgehead atoms. The lowest BCUT2D eigenvalue weighted by atomic mass is 9.99. The summed E-state index contributed by atoms with van der Waals surface area (Å²) in [5.74, 6) is -0.923. The van der Waals surface area contributed by atoms with Crippen molar-refractivity contribution in [2.24, 2.45) is 11.8 Å². The Labute approximate surface area is 149 Å². The SMILES string of the molecule is O=C(O)C1CCN(S(=O)(=O)NCC2CCc3ccccc3CC2)CC1. The van der Waals surface area contributed by atoms with Crippen LogP contribution in [0.2, 0.25) is 0 Å². The molecule has 0 aromatic heterocycles. The minimum Gasteiger partial charge on any atom is -0.481 e. The van der Waals surface area contributed by atoms with Crippen molar-refractivity contribution in [3.8, 4) is 0 Å². The summed E-state index contributed by atoms with van der Waals surface area (Å²) in [4.78, 5) is 11.0. The van der Waals surface area contributed by atoms with Crippen LogP contribution in [-0.2, 0) is 27.8 Å². The van der Waals surface area contributed by atoms with Crippen LogP contribution in [0.5, 0.6) is 0 Å². The van der Waals surface area contributed by atoms with E-state index in [0.29, 0.717) is 25.3 Å². The van der Waals surface area contributed by atoms with Gasteiger partial charge in [0, 0.05) is 19.6 Å². The van der Waals surface area contributed by atoms with E-state index in [9.17, 15) is 13.2 Å². The Morgan fingerprint density at radius 3 is 2.16 bits per heavy atom. The summed E-state index contributed by atoms with van der Waals surface area (Å²) in [6, 6.07) is 8.44. The second kappa shape index (κ2) is 7.85. The molecule has 138 valence electrons. The second-order valence-electron chi connectivity index (χ2n) is 7.08. The number of carbonyl (C=O) groups is 1. The molecule has 1 aromatic carbocycles. The largest absolute Gasteiger partial charge is 0.481 e. The highest BCUT2D eigenvalue weighted by Crippen LogP contribution is 2.25. The molecule has 7 heteroatoms. The predicted molar refractivity (Wildman–Crippen MR) is 95.4 cm³/mol. The number of carboxylic acid groups (broad SMARTS) is 1. The Kier molecular flexibility index (Phi) is 5.76. The molecule has 3 rings (SSSR count). The number of hydrogen-bond donors (Lipinski definition) is 2. The number of aryl methyl sites for hydroxylation is 2. The minimum atomic E-state index is -3.52. The molecule has 6 nitrogen and oxygen atoms in total. The van der Waals surface area contributed by atoms with E-state index in [-0.39, 0.29) is 13.1 Å². The number of piperidine rings is 1. The Balaban J connectivity index is 1.51. The molecule has 1 aromatic rings. The van der Waals surface area contributed by atoms with Crippen molar-refractivity contribution < 1.29 is 18.3 Å². The van der Waals surface area contributed by atoms with Crippen molar-refractivity contribution in [2.45, 2.75) is 38.5 Å². The van der Waals surface area contributed by atoms with Crippen LogP contribution < -0.4 is 4.72 Å². The quantitative estimate of drug-likeness (QED) is 0.778. The first-order valence-electron chi connectivity index (χ1n) is 9.00. The van der Waals surface area contributed by atoms with Crippen molar-refractivity contribution in [3.63, 3.8) is 0 Å². The van der Waals surface area contributed by atoms with Crippen molar-refractivity contribution in [3.05, 3.63) is 35.4 Å². The number of aliphatic carboxylic acids is 1. The van der Waals surface area contributed by atoms with Gasteiger partial charge in [-0.3, -0.25) is 4.79 Å². The molecule has 1 heterocycles. The summed E-state index contributed by atoms with van der Waals surface area (Å²) in [6.45, 7) is 1.01. The van der Waals surface area contributed by atoms with Gasteiger partial charge in [0.15, 0.2) is 0 Å². The van der Waals surface area contributed by atoms with Gasteiger partial charge >= 0.3 is 5.97 Å². The summed E-state index contributed by atoms with van der Waals surface area (Å²) in [7, 11) is -3.52. The van der Waals surface area contributed by atoms with Gasteiger partial charge in [-0.15, -0.1) is 0 Å². The molecule has 1 aliphatic heterocycles. The van der Waals surface area contributed by atoms with Crippen molar-refractivity contribution in [1.82, 2.24) is 9.03 Å². The number of nitrogens with one attached hydrogen (secondary N) is 1. The van der Waals surface area contributed by atoms with E-state index in [2.05, 4.69) is 29.0 Å². The summed E-state index contributed by atoms with van der Waals surface area (Å²) in [5, 5.41) is 9.02. The van der Waals surface area contributed by atoms with Crippen LogP contribution in [0.3, 0.4) is 0 Å². The Hall–Kier alpha value is -1.44. The lowest BCUT2D eigenvalue weighted by molar-refractivity contribution is -0.142. The van der Waals surface area contributed by atoms with Gasteiger partial charge in [0.05, 0.1) is 5.92 Å². The number of carboxylic acids is 1. The van der Waals surface area contributed by atoms with Crippen molar-refractivity contribution >= 4 is 16.2 Å². The maximum atomic E-state index is 12.5. The van der Waals surface area contributed by atoms with Crippen LogP contribution in [0.25, 0.3) is 0 Å². The van der Waals surface area contributed by atoms with E-state index in [1.807, 2.05) is 0 Å². The number of rotatable bonds is 5. The number of benzene rings is 1. The van der Waals surface area contributed by atoms with E-state index >= 15 is 0 Å². The van der Waals surface area contributed by atoms with Crippen molar-refractivity contribution in [2.75, 3.05) is 19.6 Å². The van der Waals surface area contributed by atoms with Gasteiger partial charge in [-0.25, -0.2) is 4.72 Å². The molecule has 0 spiro atoms. The molecule has 25 heavy (non-hydrogen) atoms. The third-order valence-corrected chi connectivity index (χ3v) is 7.04. The van der Waals surface area contributed by atoms with E-state index in [4.69, 9.17) is 5.11 Å². The average Bonchev–Trinajstić information content (AvgIpc) is 2.82. The fourth-order valence-corrected chi connectivity index (χ4v) is 5.09. The molecule has 0 amide bonds. The second-order valence-corrected chi connectivity index (χ2v) is 8.83. The van der Waals surface area contributed by atoms with Gasteiger partial charge in [0.25, 0.3) is 10.2 Å². The first-order chi connectivity index (χ1) is 12.0. The molecule has 0 atom stereocenters. The predicted octanol–water partition coefficient (Wildman–Crippen LogP) is 1.81. The highest BCUT2D eigenvalue weighted by atomic mass is 32.2. The van der Waals surface area contributed by atoms with Crippen LogP contribution in [0.4, 0.5) is 0 Å². The van der Waals surface area contributed by atoms with Crippen LogP contribution in [0.15, 0.2) is 24.3 Å². The standard InChI is InChI=1S/C18H26N2O4S/c21-18(22)17-9-11-20(12-10-17)25(23,24)19-13-14-5-7-15-3-1-2-4-16(15)8-6-14/h1-4,14,17,19H,5-13H2,(H,21,22). The molecule has 0 radical (unpaired) electrons. The molecule has 0 saturated carbocycles. The highest BCUT2D eigenvalue weighted by molar-refractivity contribution is 7.87. The Morgan fingerprint density at radius 2 is 1.64 bits per heavy atom. The maximum absolute atomic E-state index is 12.5. The van der Waals surface area contributed by atoms with Crippen LogP contribution in [-0.4, -0.2) is 43.4 Å². The molecule has 1 fully saturated rings. The van der Waals surface area contributed by atoms with Gasteiger partial charge in [-0.2, -0.15) is 12.7 Å². The third-order valence-electron chi connectivity index (χ3n) is 5.46. The molecule has 2 aliphatic rings. The number of nitrogens with zero attached hydrogens (tertiary/aromatic N) is 1. The van der Waals surface area contributed by atoms with E-state index in [1.54, 1.807) is 0 Å². The van der Waals surface area contributed by atoms with Gasteiger partial charge in [0.1, 0.15) is 0 Å². The first-order valence-corrected chi connectivity index (χ1v) is 10.4. The zero-order chi connectivity index (χ0) is 17.9. The lowest BCUT2D eigenvalue weighted by Gasteiger charge is -2.29. The van der Waals surface area contributed by atoms with Gasteiger partial charge in [-0.1, -0.05) is 24.3 Å². The van der Waals surface area contributed by atoms with Gasteiger partial charge in [-0.05, 0) is 55.6 Å². The zero-order valence-electron chi connectivity index (χ0n) is 14.4. The lowest BCUT2D eigenvalue weighted by Crippen LogP contribution is -2.47. The van der Waals surface area contributed by atoms with E-state index in [1.165, 1.54) is 15.4 Å². The van der Waals surface area contributed by atoms with E-state index < -0.39 is 22.1 Å². The van der Waals surface area contributed by atoms with E-state index in [0.717, 1.165) is 25.7 Å². The van der Waals surface area contributed by atoms with Crippen LogP contribution >= 0.6 is 0 Å². The first kappa shape index (κ1) is 18.4. The average molecular weight is 366 g/mol. The third kappa shape index (κ3) is 4.59. The molecule has 1 aliphatic carbocycles. The molecule has 2 N–H and O–H groups in total. The topological polar surface area (TPSA) is 86.7 Å². The zero-order valence-corrected chi connectivity index (χ0v) is 15.2. The molecular formula is C18H26N2O4S. The summed E-state index contributed by atoms with van der Waals surface area (Å²) in [6.07, 6.45) is 4.73. The van der Waals surface area contributed by atoms with Gasteiger partial charge in [0.2, 0.25) is 0 Å². The highest BCUT2D eigenvalue weighted by Gasteiger charge is 2.31. The molecular weight excluding hydrogens is 340 g/mol. The van der Waals surface area contributed by atoms with Gasteiger partial charge < -0.3 is 5.11 Å². The number of hydrogen-bond acceptors (Lipinski definition) is 3. The summed E-state index contributed by atoms with van der Waals surface area (Å²) in [5.41, 5.74) is 2.76. The molecule has 1 saturated heterocycles. The fourth-order valence-electron chi connectivity index (χ4n) is 3.77. The van der Waals surface area contributed by atoms with Crippen LogP contribution in [0, 0.1) is 11.8 Å². The smallest absolute Gasteiger partial charge is 0.306 e. The number of fused-ring (bicyclic) bond motifs is 1.